The van der Waals surface area contributed by atoms with Crippen molar-refractivity contribution in [2.45, 2.75) is 39.8 Å². The van der Waals surface area contributed by atoms with Crippen molar-refractivity contribution in [2.24, 2.45) is 0 Å². The van der Waals surface area contributed by atoms with Crippen molar-refractivity contribution in [3.8, 4) is 0 Å². The number of rotatable bonds is 4. The lowest BCUT2D eigenvalue weighted by Crippen LogP contribution is -2.35. The van der Waals surface area contributed by atoms with Crippen LogP contribution in [0.15, 0.2) is 16.6 Å². The van der Waals surface area contributed by atoms with Gasteiger partial charge in [0.2, 0.25) is 0 Å². The van der Waals surface area contributed by atoms with Crippen molar-refractivity contribution in [1.29, 1.82) is 0 Å². The zero-order valence-electron chi connectivity index (χ0n) is 11.8. The third kappa shape index (κ3) is 4.84. The summed E-state index contributed by atoms with van der Waals surface area (Å²) in [6.45, 7) is 8.97. The summed E-state index contributed by atoms with van der Waals surface area (Å²) >= 11 is 3.38. The van der Waals surface area contributed by atoms with Gasteiger partial charge in [-0.05, 0) is 61.3 Å². The Labute approximate surface area is 122 Å². The normalized spacial score (nSPS) is 11.4. The van der Waals surface area contributed by atoms with E-state index in [-0.39, 0.29) is 11.5 Å². The summed E-state index contributed by atoms with van der Waals surface area (Å²) in [7, 11) is 0. The van der Waals surface area contributed by atoms with Crippen LogP contribution in [0.2, 0.25) is 0 Å². The second-order valence-corrected chi connectivity index (χ2v) is 6.21. The van der Waals surface area contributed by atoms with Crippen molar-refractivity contribution in [2.75, 3.05) is 12.3 Å². The largest absolute Gasteiger partial charge is 0.462 e. The molecule has 0 heterocycles. The van der Waals surface area contributed by atoms with Gasteiger partial charge in [-0.3, -0.25) is 0 Å². The van der Waals surface area contributed by atoms with Gasteiger partial charge in [0.1, 0.15) is 0 Å². The first-order chi connectivity index (χ1) is 8.74. The predicted molar refractivity (Wildman–Crippen MR) is 81.1 cm³/mol. The molecule has 19 heavy (non-hydrogen) atoms. The molecule has 106 valence electrons. The molecular weight excluding hydrogens is 308 g/mol. The Hall–Kier alpha value is -1.07. The van der Waals surface area contributed by atoms with E-state index in [1.54, 1.807) is 19.1 Å². The number of carbonyl (C=O) groups excluding carboxylic acids is 1. The van der Waals surface area contributed by atoms with Crippen molar-refractivity contribution in [1.82, 2.24) is 5.32 Å². The number of nitrogens with two attached hydrogens (primary N) is 1. The summed E-state index contributed by atoms with van der Waals surface area (Å²) in [5.74, 6) is -0.333. The maximum Gasteiger partial charge on any atom is 0.338 e. The fourth-order valence-corrected chi connectivity index (χ4v) is 2.01. The van der Waals surface area contributed by atoms with Gasteiger partial charge in [-0.15, -0.1) is 0 Å². The highest BCUT2D eigenvalue weighted by molar-refractivity contribution is 9.10. The fraction of sp³-hybridized carbons (Fsp3) is 0.500. The molecule has 3 N–H and O–H groups in total. The van der Waals surface area contributed by atoms with Crippen LogP contribution in [0.1, 0.15) is 43.6 Å². The van der Waals surface area contributed by atoms with E-state index in [1.807, 2.05) is 0 Å². The molecule has 0 fully saturated rings. The summed E-state index contributed by atoms with van der Waals surface area (Å²) in [5.41, 5.74) is 8.03. The molecule has 1 aromatic rings. The smallest absolute Gasteiger partial charge is 0.338 e. The number of hydrogen-bond donors (Lipinski definition) is 2. The van der Waals surface area contributed by atoms with Crippen LogP contribution in [0.25, 0.3) is 0 Å². The van der Waals surface area contributed by atoms with Crippen LogP contribution in [0.4, 0.5) is 5.69 Å². The first-order valence-corrected chi connectivity index (χ1v) is 7.04. The number of nitrogen functional groups attached to an aromatic ring is 1. The van der Waals surface area contributed by atoms with Crippen LogP contribution >= 0.6 is 15.9 Å². The molecule has 0 aliphatic heterocycles. The van der Waals surface area contributed by atoms with E-state index in [0.29, 0.717) is 28.9 Å². The maximum atomic E-state index is 11.8. The second-order valence-electron chi connectivity index (χ2n) is 5.35. The molecule has 0 amide bonds. The minimum atomic E-state index is -0.333. The zero-order valence-corrected chi connectivity index (χ0v) is 13.4. The molecule has 0 unspecified atom stereocenters. The number of carbonyl (C=O) groups is 1. The third-order valence-corrected chi connectivity index (χ3v) is 3.19. The molecule has 0 aliphatic carbocycles. The number of benzene rings is 1. The van der Waals surface area contributed by atoms with E-state index >= 15 is 0 Å². The number of hydrogen-bond acceptors (Lipinski definition) is 4. The first kappa shape index (κ1) is 16.0. The summed E-state index contributed by atoms with van der Waals surface area (Å²) in [4.78, 5) is 11.8. The number of anilines is 1. The zero-order chi connectivity index (χ0) is 14.6. The lowest BCUT2D eigenvalue weighted by atomic mass is 10.1. The summed E-state index contributed by atoms with van der Waals surface area (Å²) in [5, 5.41) is 3.35. The summed E-state index contributed by atoms with van der Waals surface area (Å²) in [6.07, 6.45) is 0. The molecule has 0 spiro atoms. The third-order valence-electron chi connectivity index (χ3n) is 2.54. The molecule has 0 aromatic heterocycles. The van der Waals surface area contributed by atoms with E-state index in [9.17, 15) is 4.79 Å². The molecule has 4 nitrogen and oxygen atoms in total. The first-order valence-electron chi connectivity index (χ1n) is 6.24. The van der Waals surface area contributed by atoms with Crippen molar-refractivity contribution < 1.29 is 9.53 Å². The Bertz CT molecular complexity index is 467. The van der Waals surface area contributed by atoms with E-state index < -0.39 is 0 Å². The van der Waals surface area contributed by atoms with Crippen LogP contribution in [0.3, 0.4) is 0 Å². The quantitative estimate of drug-likeness (QED) is 0.658. The average Bonchev–Trinajstić information content (AvgIpc) is 2.30. The Balaban J connectivity index is 3.00. The fourth-order valence-electron chi connectivity index (χ4n) is 1.51. The van der Waals surface area contributed by atoms with E-state index in [1.165, 1.54) is 0 Å². The topological polar surface area (TPSA) is 64.3 Å². The van der Waals surface area contributed by atoms with Gasteiger partial charge in [0.15, 0.2) is 0 Å². The maximum absolute atomic E-state index is 11.8. The number of halogens is 1. The minimum Gasteiger partial charge on any atom is -0.462 e. The number of nitrogens with one attached hydrogen (secondary N) is 1. The van der Waals surface area contributed by atoms with Gasteiger partial charge in [0, 0.05) is 16.6 Å². The monoisotopic (exact) mass is 328 g/mol. The highest BCUT2D eigenvalue weighted by atomic mass is 79.9. The highest BCUT2D eigenvalue weighted by Crippen LogP contribution is 2.26. The Kier molecular flexibility index (Phi) is 5.38. The number of esters is 1. The molecule has 5 heteroatoms. The van der Waals surface area contributed by atoms with Gasteiger partial charge >= 0.3 is 5.97 Å². The molecule has 0 aliphatic rings. The van der Waals surface area contributed by atoms with E-state index in [4.69, 9.17) is 10.5 Å². The van der Waals surface area contributed by atoms with Gasteiger partial charge in [0.25, 0.3) is 0 Å². The molecule has 0 saturated heterocycles. The van der Waals surface area contributed by atoms with Crippen LogP contribution in [-0.4, -0.2) is 18.1 Å². The van der Waals surface area contributed by atoms with E-state index in [2.05, 4.69) is 42.0 Å². The highest BCUT2D eigenvalue weighted by Gasteiger charge is 2.15. The summed E-state index contributed by atoms with van der Waals surface area (Å²) in [6, 6.07) is 3.46. The lowest BCUT2D eigenvalue weighted by molar-refractivity contribution is 0.0526. The lowest BCUT2D eigenvalue weighted by Gasteiger charge is -2.21. The molecular formula is C14H21BrN2O2. The van der Waals surface area contributed by atoms with E-state index in [0.717, 1.165) is 5.56 Å². The van der Waals surface area contributed by atoms with Gasteiger partial charge in [0.05, 0.1) is 17.9 Å². The second kappa shape index (κ2) is 6.39. The van der Waals surface area contributed by atoms with Crippen LogP contribution < -0.4 is 11.1 Å². The number of ether oxygens (including phenoxy) is 1. The summed E-state index contributed by atoms with van der Waals surface area (Å²) < 4.78 is 5.71. The molecule has 1 rings (SSSR count). The van der Waals surface area contributed by atoms with Gasteiger partial charge < -0.3 is 15.8 Å². The van der Waals surface area contributed by atoms with Crippen molar-refractivity contribution in [3.05, 3.63) is 27.7 Å². The Morgan fingerprint density at radius 3 is 2.58 bits per heavy atom. The molecule has 0 atom stereocenters. The molecule has 0 saturated carbocycles. The average molecular weight is 329 g/mol. The van der Waals surface area contributed by atoms with Crippen molar-refractivity contribution >= 4 is 27.6 Å². The van der Waals surface area contributed by atoms with Gasteiger partial charge in [-0.1, -0.05) is 0 Å². The van der Waals surface area contributed by atoms with Crippen LogP contribution in [0, 0.1) is 0 Å². The standard InChI is InChI=1S/C14H21BrN2O2/c1-5-19-13(18)9-6-10(8-17-14(2,3)4)12(16)11(15)7-9/h6-7,17H,5,8,16H2,1-4H3. The van der Waals surface area contributed by atoms with Crippen LogP contribution in [-0.2, 0) is 11.3 Å². The Morgan fingerprint density at radius 2 is 2.05 bits per heavy atom. The van der Waals surface area contributed by atoms with Crippen LogP contribution in [0.5, 0.6) is 0 Å². The molecule has 0 radical (unpaired) electrons. The van der Waals surface area contributed by atoms with Gasteiger partial charge in [-0.25, -0.2) is 4.79 Å². The molecule has 0 bridgehead atoms. The minimum absolute atomic E-state index is 0.0150. The van der Waals surface area contributed by atoms with Gasteiger partial charge in [-0.2, -0.15) is 0 Å². The molecule has 1 aromatic carbocycles. The predicted octanol–water partition coefficient (Wildman–Crippen LogP) is 3.10. The Morgan fingerprint density at radius 1 is 1.42 bits per heavy atom. The SMILES string of the molecule is CCOC(=O)c1cc(Br)c(N)c(CNC(C)(C)C)c1. The van der Waals surface area contributed by atoms with Crippen molar-refractivity contribution in [3.63, 3.8) is 0 Å².